The number of carbonyl (C=O) groups excluding carboxylic acids is 1. The normalized spacial score (nSPS) is 21.4. The second-order valence-corrected chi connectivity index (χ2v) is 8.16. The van der Waals surface area contributed by atoms with Crippen LogP contribution in [-0.2, 0) is 4.74 Å². The van der Waals surface area contributed by atoms with Crippen LogP contribution in [0.4, 0.5) is 5.69 Å². The third-order valence-corrected chi connectivity index (χ3v) is 6.42. The van der Waals surface area contributed by atoms with E-state index in [0.717, 1.165) is 48.1 Å². The Morgan fingerprint density at radius 3 is 2.68 bits per heavy atom. The number of fused-ring (bicyclic) bond motifs is 1. The molecule has 0 N–H and O–H groups in total. The third-order valence-electron chi connectivity index (χ3n) is 6.42. The summed E-state index contributed by atoms with van der Waals surface area (Å²) >= 11 is 0. The van der Waals surface area contributed by atoms with Crippen molar-refractivity contribution in [1.82, 2.24) is 9.88 Å². The fourth-order valence-electron chi connectivity index (χ4n) is 4.97. The minimum atomic E-state index is -0.274. The number of nitrogens with zero attached hydrogens (tertiary/aromatic N) is 3. The Morgan fingerprint density at radius 1 is 1.21 bits per heavy atom. The Bertz CT molecular complexity index is 858. The number of esters is 1. The van der Waals surface area contributed by atoms with E-state index in [1.807, 2.05) is 6.92 Å². The van der Waals surface area contributed by atoms with Crippen molar-refractivity contribution >= 4 is 22.6 Å². The highest BCUT2D eigenvalue weighted by molar-refractivity contribution is 6.05. The number of pyridine rings is 1. The van der Waals surface area contributed by atoms with Crippen LogP contribution in [0.1, 0.15) is 55.5 Å². The lowest BCUT2D eigenvalue weighted by atomic mass is 9.99. The van der Waals surface area contributed by atoms with Gasteiger partial charge in [-0.2, -0.15) is 0 Å². The van der Waals surface area contributed by atoms with E-state index in [4.69, 9.17) is 4.74 Å². The van der Waals surface area contributed by atoms with Crippen LogP contribution in [0.15, 0.2) is 24.4 Å². The minimum absolute atomic E-state index is 0.274. The van der Waals surface area contributed by atoms with Crippen molar-refractivity contribution in [3.8, 4) is 0 Å². The molecular formula is C23H31N3O2. The van der Waals surface area contributed by atoms with Gasteiger partial charge in [-0.05, 0) is 58.6 Å². The summed E-state index contributed by atoms with van der Waals surface area (Å²) in [6.07, 6.45) is 6.63. The van der Waals surface area contributed by atoms with Crippen LogP contribution in [0.5, 0.6) is 0 Å². The lowest BCUT2D eigenvalue weighted by Crippen LogP contribution is -2.46. The fraction of sp³-hybridized carbons (Fsp3) is 0.565. The molecule has 0 aliphatic carbocycles. The monoisotopic (exact) mass is 381 g/mol. The van der Waals surface area contributed by atoms with Gasteiger partial charge in [0, 0.05) is 36.8 Å². The van der Waals surface area contributed by atoms with E-state index in [2.05, 4.69) is 46.8 Å². The second kappa shape index (κ2) is 8.08. The first-order valence-electron chi connectivity index (χ1n) is 10.7. The molecule has 5 heteroatoms. The minimum Gasteiger partial charge on any atom is -0.462 e. The summed E-state index contributed by atoms with van der Waals surface area (Å²) in [4.78, 5) is 22.3. The summed E-state index contributed by atoms with van der Waals surface area (Å²) in [6.45, 7) is 9.82. The molecule has 2 aliphatic rings. The van der Waals surface area contributed by atoms with E-state index in [0.29, 0.717) is 24.3 Å². The van der Waals surface area contributed by atoms with E-state index in [9.17, 15) is 4.79 Å². The number of carbonyl (C=O) groups is 1. The smallest absolute Gasteiger partial charge is 0.341 e. The molecule has 1 aromatic heterocycles. The number of para-hydroxylation sites is 1. The molecule has 150 valence electrons. The highest BCUT2D eigenvalue weighted by atomic mass is 16.5. The Labute approximate surface area is 167 Å². The quantitative estimate of drug-likeness (QED) is 0.744. The van der Waals surface area contributed by atoms with Gasteiger partial charge >= 0.3 is 5.97 Å². The maximum atomic E-state index is 12.7. The van der Waals surface area contributed by atoms with E-state index in [-0.39, 0.29) is 5.97 Å². The maximum absolute atomic E-state index is 12.7. The van der Waals surface area contributed by atoms with E-state index < -0.39 is 0 Å². The average Bonchev–Trinajstić information content (AvgIpc) is 3.14. The van der Waals surface area contributed by atoms with Gasteiger partial charge in [0.15, 0.2) is 0 Å². The Morgan fingerprint density at radius 2 is 2.00 bits per heavy atom. The summed E-state index contributed by atoms with van der Waals surface area (Å²) in [7, 11) is 0. The number of benzene rings is 1. The first kappa shape index (κ1) is 19.2. The molecule has 0 bridgehead atoms. The van der Waals surface area contributed by atoms with Crippen LogP contribution in [0, 0.1) is 6.92 Å². The van der Waals surface area contributed by atoms with Gasteiger partial charge in [-0.1, -0.05) is 18.2 Å². The number of aryl methyl sites for hydroxylation is 1. The van der Waals surface area contributed by atoms with Crippen molar-refractivity contribution in [3.63, 3.8) is 0 Å². The lowest BCUT2D eigenvalue weighted by Gasteiger charge is -2.40. The topological polar surface area (TPSA) is 45.7 Å². The molecule has 0 radical (unpaired) electrons. The first-order chi connectivity index (χ1) is 13.6. The number of hydrogen-bond acceptors (Lipinski definition) is 5. The molecular weight excluding hydrogens is 350 g/mol. The highest BCUT2D eigenvalue weighted by Gasteiger charge is 2.32. The molecule has 2 aromatic rings. The number of piperidine rings is 1. The summed E-state index contributed by atoms with van der Waals surface area (Å²) in [5.74, 6) is -0.274. The number of hydrogen-bond donors (Lipinski definition) is 0. The highest BCUT2D eigenvalue weighted by Crippen LogP contribution is 2.35. The maximum Gasteiger partial charge on any atom is 0.341 e. The zero-order valence-corrected chi connectivity index (χ0v) is 17.3. The fourth-order valence-corrected chi connectivity index (χ4v) is 4.97. The zero-order chi connectivity index (χ0) is 19.7. The van der Waals surface area contributed by atoms with Crippen LogP contribution in [0.25, 0.3) is 10.9 Å². The van der Waals surface area contributed by atoms with Gasteiger partial charge in [0.2, 0.25) is 0 Å². The lowest BCUT2D eigenvalue weighted by molar-refractivity contribution is 0.0526. The van der Waals surface area contributed by atoms with Gasteiger partial charge in [0.05, 0.1) is 17.8 Å². The Balaban J connectivity index is 1.66. The van der Waals surface area contributed by atoms with Crippen molar-refractivity contribution in [2.24, 2.45) is 0 Å². The molecule has 1 atom stereocenters. The van der Waals surface area contributed by atoms with Gasteiger partial charge in [-0.15, -0.1) is 0 Å². The van der Waals surface area contributed by atoms with Crippen LogP contribution >= 0.6 is 0 Å². The van der Waals surface area contributed by atoms with Crippen molar-refractivity contribution in [2.75, 3.05) is 31.1 Å². The average molecular weight is 382 g/mol. The largest absolute Gasteiger partial charge is 0.462 e. The van der Waals surface area contributed by atoms with Gasteiger partial charge in [-0.25, -0.2) is 4.79 Å². The molecule has 0 amide bonds. The summed E-state index contributed by atoms with van der Waals surface area (Å²) < 4.78 is 5.34. The second-order valence-electron chi connectivity index (χ2n) is 8.16. The molecule has 3 heterocycles. The number of aromatic nitrogens is 1. The van der Waals surface area contributed by atoms with Crippen molar-refractivity contribution in [1.29, 1.82) is 0 Å². The third kappa shape index (κ3) is 3.48. The van der Waals surface area contributed by atoms with Crippen molar-refractivity contribution < 1.29 is 9.53 Å². The Hall–Kier alpha value is -2.14. The molecule has 2 fully saturated rings. The van der Waals surface area contributed by atoms with Crippen molar-refractivity contribution in [3.05, 3.63) is 35.5 Å². The predicted octanol–water partition coefficient (Wildman–Crippen LogP) is 4.17. The first-order valence-corrected chi connectivity index (χ1v) is 10.7. The van der Waals surface area contributed by atoms with Crippen LogP contribution in [0.3, 0.4) is 0 Å². The molecule has 0 spiro atoms. The number of anilines is 1. The molecule has 1 aromatic carbocycles. The number of likely N-dealkylation sites (tertiary alicyclic amines) is 1. The van der Waals surface area contributed by atoms with Crippen LogP contribution in [-0.4, -0.2) is 54.2 Å². The molecule has 2 saturated heterocycles. The van der Waals surface area contributed by atoms with Crippen LogP contribution < -0.4 is 4.90 Å². The van der Waals surface area contributed by atoms with Gasteiger partial charge < -0.3 is 9.64 Å². The Kier molecular flexibility index (Phi) is 5.54. The van der Waals surface area contributed by atoms with E-state index in [1.165, 1.54) is 19.4 Å². The zero-order valence-electron chi connectivity index (χ0n) is 17.3. The number of ether oxygens (including phenoxy) is 1. The summed E-state index contributed by atoms with van der Waals surface area (Å²) in [6, 6.07) is 7.58. The van der Waals surface area contributed by atoms with E-state index in [1.54, 1.807) is 6.20 Å². The predicted molar refractivity (Wildman–Crippen MR) is 113 cm³/mol. The number of rotatable bonds is 4. The SMILES string of the molecule is CCOC(=O)c1cnc2c(C)cccc2c1N1CCC(N2CCCC2C)CC1. The van der Waals surface area contributed by atoms with Gasteiger partial charge in [0.1, 0.15) is 5.56 Å². The molecule has 4 rings (SSSR count). The summed E-state index contributed by atoms with van der Waals surface area (Å²) in [5.41, 5.74) is 3.70. The van der Waals surface area contributed by atoms with Gasteiger partial charge in [0.25, 0.3) is 0 Å². The van der Waals surface area contributed by atoms with Crippen LogP contribution in [0.2, 0.25) is 0 Å². The molecule has 0 saturated carbocycles. The molecule has 5 nitrogen and oxygen atoms in total. The molecule has 1 unspecified atom stereocenters. The summed E-state index contributed by atoms with van der Waals surface area (Å²) in [5, 5.41) is 1.05. The molecule has 28 heavy (non-hydrogen) atoms. The molecule has 2 aliphatic heterocycles. The standard InChI is InChI=1S/C23H31N3O2/c1-4-28-23(27)20-15-24-21-16(2)7-5-9-19(21)22(20)25-13-10-18(11-14-25)26-12-6-8-17(26)3/h5,7,9,15,17-18H,4,6,8,10-14H2,1-3H3. The van der Waals surface area contributed by atoms with Crippen molar-refractivity contribution in [2.45, 2.75) is 58.5 Å². The van der Waals surface area contributed by atoms with E-state index >= 15 is 0 Å². The van der Waals surface area contributed by atoms with Gasteiger partial charge in [-0.3, -0.25) is 9.88 Å².